The molecule has 0 aromatic heterocycles. The minimum atomic E-state index is -3.80. The maximum Gasteiger partial charge on any atom is 0.264 e. The highest BCUT2D eigenvalue weighted by Crippen LogP contribution is 2.27. The number of hydrogen-bond donors (Lipinski definition) is 1. The molecule has 3 rings (SSSR count). The fraction of sp³-hybridized carbons (Fsp3) is 0.0952. The van der Waals surface area contributed by atoms with E-state index in [4.69, 9.17) is 0 Å². The molecule has 0 bridgehead atoms. The van der Waals surface area contributed by atoms with Crippen LogP contribution in [0.5, 0.6) is 0 Å². The van der Waals surface area contributed by atoms with Crippen molar-refractivity contribution in [1.29, 1.82) is 0 Å². The average Bonchev–Trinajstić information content (AvgIpc) is 2.67. The summed E-state index contributed by atoms with van der Waals surface area (Å²) in [6.07, 6.45) is 0. The Morgan fingerprint density at radius 2 is 1.64 bits per heavy atom. The predicted octanol–water partition coefficient (Wildman–Crippen LogP) is 4.83. The first kappa shape index (κ1) is 20.1. The summed E-state index contributed by atoms with van der Waals surface area (Å²) in [5, 5.41) is 2.80. The largest absolute Gasteiger partial charge is 0.322 e. The standard InChI is InChI=1S/C21H19BrN2O3S/c1-15-10-12-18(13-11-15)28(26,27)24(2)20-9-4-3-8-19(20)21(25)23-17-7-5-6-16(22)14-17/h3-14H,1-2H3,(H,23,25). The Morgan fingerprint density at radius 3 is 2.32 bits per heavy atom. The zero-order valence-corrected chi connectivity index (χ0v) is 17.8. The first-order valence-electron chi connectivity index (χ1n) is 8.50. The van der Waals surface area contributed by atoms with Crippen LogP contribution in [0.2, 0.25) is 0 Å². The predicted molar refractivity (Wildman–Crippen MR) is 115 cm³/mol. The van der Waals surface area contributed by atoms with Crippen molar-refractivity contribution in [3.63, 3.8) is 0 Å². The van der Waals surface area contributed by atoms with Crippen LogP contribution >= 0.6 is 15.9 Å². The summed E-state index contributed by atoms with van der Waals surface area (Å²) < 4.78 is 28.0. The second kappa shape index (κ2) is 8.16. The Balaban J connectivity index is 1.95. The monoisotopic (exact) mass is 458 g/mol. The molecule has 0 aliphatic rings. The summed E-state index contributed by atoms with van der Waals surface area (Å²) in [6, 6.07) is 20.4. The van der Waals surface area contributed by atoms with Crippen molar-refractivity contribution in [2.45, 2.75) is 11.8 Å². The van der Waals surface area contributed by atoms with Crippen molar-refractivity contribution in [1.82, 2.24) is 0 Å². The molecule has 0 aliphatic heterocycles. The molecule has 0 radical (unpaired) electrons. The van der Waals surface area contributed by atoms with E-state index in [2.05, 4.69) is 21.2 Å². The van der Waals surface area contributed by atoms with Crippen LogP contribution in [0.25, 0.3) is 0 Å². The molecule has 0 fully saturated rings. The van der Waals surface area contributed by atoms with Gasteiger partial charge in [-0.15, -0.1) is 0 Å². The quantitative estimate of drug-likeness (QED) is 0.594. The molecule has 28 heavy (non-hydrogen) atoms. The van der Waals surface area contributed by atoms with Crippen molar-refractivity contribution in [3.8, 4) is 0 Å². The molecule has 7 heteroatoms. The summed E-state index contributed by atoms with van der Waals surface area (Å²) in [5.41, 5.74) is 2.14. The Kier molecular flexibility index (Phi) is 5.86. The van der Waals surface area contributed by atoms with E-state index in [-0.39, 0.29) is 16.4 Å². The number of anilines is 2. The topological polar surface area (TPSA) is 66.5 Å². The van der Waals surface area contributed by atoms with Crippen molar-refractivity contribution in [3.05, 3.63) is 88.4 Å². The molecule has 3 aromatic carbocycles. The van der Waals surface area contributed by atoms with E-state index in [0.29, 0.717) is 11.4 Å². The fourth-order valence-electron chi connectivity index (χ4n) is 2.70. The SMILES string of the molecule is Cc1ccc(S(=O)(=O)N(C)c2ccccc2C(=O)Nc2cccc(Br)c2)cc1. The van der Waals surface area contributed by atoms with E-state index >= 15 is 0 Å². The van der Waals surface area contributed by atoms with Gasteiger partial charge in [-0.3, -0.25) is 9.10 Å². The van der Waals surface area contributed by atoms with E-state index in [1.807, 2.05) is 13.0 Å². The highest BCUT2D eigenvalue weighted by molar-refractivity contribution is 9.10. The third-order valence-electron chi connectivity index (χ3n) is 4.25. The third-order valence-corrected chi connectivity index (χ3v) is 6.53. The molecule has 0 aliphatic carbocycles. The lowest BCUT2D eigenvalue weighted by Gasteiger charge is -2.22. The van der Waals surface area contributed by atoms with Crippen LogP contribution in [-0.4, -0.2) is 21.4 Å². The van der Waals surface area contributed by atoms with Gasteiger partial charge in [0, 0.05) is 17.2 Å². The van der Waals surface area contributed by atoms with E-state index in [1.54, 1.807) is 66.7 Å². The number of carbonyl (C=O) groups is 1. The molecule has 0 saturated heterocycles. The number of hydrogen-bond acceptors (Lipinski definition) is 3. The summed E-state index contributed by atoms with van der Waals surface area (Å²) in [7, 11) is -2.35. The maximum atomic E-state index is 13.0. The van der Waals surface area contributed by atoms with Crippen LogP contribution in [0.4, 0.5) is 11.4 Å². The van der Waals surface area contributed by atoms with Gasteiger partial charge in [-0.05, 0) is 49.4 Å². The number of para-hydroxylation sites is 1. The molecule has 0 unspecified atom stereocenters. The maximum absolute atomic E-state index is 13.0. The van der Waals surface area contributed by atoms with Crippen molar-refractivity contribution < 1.29 is 13.2 Å². The van der Waals surface area contributed by atoms with Crippen LogP contribution in [0.15, 0.2) is 82.2 Å². The first-order chi connectivity index (χ1) is 13.3. The smallest absolute Gasteiger partial charge is 0.264 e. The summed E-state index contributed by atoms with van der Waals surface area (Å²) in [4.78, 5) is 13.0. The molecule has 144 valence electrons. The molecule has 5 nitrogen and oxygen atoms in total. The van der Waals surface area contributed by atoms with Gasteiger partial charge in [0.1, 0.15) is 0 Å². The summed E-state index contributed by atoms with van der Waals surface area (Å²) >= 11 is 3.36. The second-order valence-electron chi connectivity index (χ2n) is 6.27. The van der Waals surface area contributed by atoms with Gasteiger partial charge < -0.3 is 5.32 Å². The van der Waals surface area contributed by atoms with Gasteiger partial charge in [0.15, 0.2) is 0 Å². The lowest BCUT2D eigenvalue weighted by Crippen LogP contribution is -2.29. The van der Waals surface area contributed by atoms with Crippen LogP contribution in [0.1, 0.15) is 15.9 Å². The van der Waals surface area contributed by atoms with Gasteiger partial charge in [0.2, 0.25) is 0 Å². The first-order valence-corrected chi connectivity index (χ1v) is 10.7. The van der Waals surface area contributed by atoms with Gasteiger partial charge in [-0.2, -0.15) is 0 Å². The number of amides is 1. The summed E-state index contributed by atoms with van der Waals surface area (Å²) in [5.74, 6) is -0.389. The Morgan fingerprint density at radius 1 is 0.964 bits per heavy atom. The molecule has 1 N–H and O–H groups in total. The number of benzene rings is 3. The summed E-state index contributed by atoms with van der Waals surface area (Å²) in [6.45, 7) is 1.89. The zero-order valence-electron chi connectivity index (χ0n) is 15.4. The van der Waals surface area contributed by atoms with Crippen LogP contribution in [-0.2, 0) is 10.0 Å². The van der Waals surface area contributed by atoms with E-state index in [9.17, 15) is 13.2 Å². The number of rotatable bonds is 5. The van der Waals surface area contributed by atoms with Crippen molar-refractivity contribution >= 4 is 43.2 Å². The minimum Gasteiger partial charge on any atom is -0.322 e. The molecular weight excluding hydrogens is 440 g/mol. The van der Waals surface area contributed by atoms with Crippen LogP contribution < -0.4 is 9.62 Å². The normalized spacial score (nSPS) is 11.1. The molecule has 0 saturated carbocycles. The number of carbonyl (C=O) groups excluding carboxylic acids is 1. The highest BCUT2D eigenvalue weighted by atomic mass is 79.9. The number of halogens is 1. The number of aryl methyl sites for hydroxylation is 1. The zero-order chi connectivity index (χ0) is 20.3. The van der Waals surface area contributed by atoms with Crippen molar-refractivity contribution in [2.24, 2.45) is 0 Å². The molecule has 1 amide bonds. The number of sulfonamides is 1. The van der Waals surface area contributed by atoms with Crippen LogP contribution in [0.3, 0.4) is 0 Å². The van der Waals surface area contributed by atoms with Crippen molar-refractivity contribution in [2.75, 3.05) is 16.7 Å². The highest BCUT2D eigenvalue weighted by Gasteiger charge is 2.25. The van der Waals surface area contributed by atoms with E-state index in [0.717, 1.165) is 14.3 Å². The minimum absolute atomic E-state index is 0.169. The Bertz CT molecular complexity index is 1110. The van der Waals surface area contributed by atoms with Gasteiger partial charge >= 0.3 is 0 Å². The van der Waals surface area contributed by atoms with Gasteiger partial charge in [-0.1, -0.05) is 51.8 Å². The Labute approximate surface area is 173 Å². The molecule has 0 atom stereocenters. The van der Waals surface area contributed by atoms with E-state index in [1.165, 1.54) is 7.05 Å². The fourth-order valence-corrected chi connectivity index (χ4v) is 4.32. The Hall–Kier alpha value is -2.64. The number of nitrogens with one attached hydrogen (secondary N) is 1. The number of nitrogens with zero attached hydrogens (tertiary/aromatic N) is 1. The second-order valence-corrected chi connectivity index (χ2v) is 9.15. The lowest BCUT2D eigenvalue weighted by molar-refractivity contribution is 0.102. The van der Waals surface area contributed by atoms with E-state index < -0.39 is 10.0 Å². The molecule has 0 spiro atoms. The average molecular weight is 459 g/mol. The van der Waals surface area contributed by atoms with Crippen LogP contribution in [0, 0.1) is 6.92 Å². The van der Waals surface area contributed by atoms with Gasteiger partial charge in [-0.25, -0.2) is 8.42 Å². The molecule has 0 heterocycles. The van der Waals surface area contributed by atoms with Gasteiger partial charge in [0.25, 0.3) is 15.9 Å². The third kappa shape index (κ3) is 4.26. The molecular formula is C21H19BrN2O3S. The van der Waals surface area contributed by atoms with Gasteiger partial charge in [0.05, 0.1) is 16.1 Å². The lowest BCUT2D eigenvalue weighted by atomic mass is 10.1. The molecule has 3 aromatic rings.